The van der Waals surface area contributed by atoms with Gasteiger partial charge in [0.25, 0.3) is 0 Å². The molecule has 2 nitrogen and oxygen atoms in total. The molecule has 2 N–H and O–H groups in total. The molecule has 1 unspecified atom stereocenters. The van der Waals surface area contributed by atoms with Gasteiger partial charge in [-0.05, 0) is 30.7 Å². The van der Waals surface area contributed by atoms with Gasteiger partial charge in [0.2, 0.25) is 0 Å². The van der Waals surface area contributed by atoms with Crippen molar-refractivity contribution < 1.29 is 5.11 Å². The second kappa shape index (κ2) is 4.71. The van der Waals surface area contributed by atoms with Crippen LogP contribution in [0.5, 0.6) is 0 Å². The fourth-order valence-electron chi connectivity index (χ4n) is 2.47. The Bertz CT molecular complexity index is 388. The van der Waals surface area contributed by atoms with Crippen LogP contribution in [0.25, 0.3) is 0 Å². The van der Waals surface area contributed by atoms with Gasteiger partial charge in [-0.25, -0.2) is 0 Å². The van der Waals surface area contributed by atoms with Crippen molar-refractivity contribution in [1.29, 1.82) is 0 Å². The van der Waals surface area contributed by atoms with Crippen LogP contribution in [0, 0.1) is 5.41 Å². The van der Waals surface area contributed by atoms with Gasteiger partial charge in [-0.1, -0.05) is 41.9 Å². The van der Waals surface area contributed by atoms with Crippen LogP contribution >= 0.6 is 15.9 Å². The van der Waals surface area contributed by atoms with E-state index in [1.165, 1.54) is 5.56 Å². The van der Waals surface area contributed by atoms with Crippen molar-refractivity contribution in [3.05, 3.63) is 34.3 Å². The van der Waals surface area contributed by atoms with Gasteiger partial charge in [-0.2, -0.15) is 0 Å². The summed E-state index contributed by atoms with van der Waals surface area (Å²) in [6, 6.07) is 8.24. The van der Waals surface area contributed by atoms with Gasteiger partial charge in [-0.3, -0.25) is 0 Å². The Labute approximate surface area is 112 Å². The third-order valence-electron chi connectivity index (χ3n) is 3.95. The molecule has 0 spiro atoms. The average molecular weight is 298 g/mol. The number of rotatable bonds is 2. The Morgan fingerprint density at radius 1 is 1.29 bits per heavy atom. The van der Waals surface area contributed by atoms with E-state index in [0.29, 0.717) is 0 Å². The van der Waals surface area contributed by atoms with Crippen LogP contribution in [0.2, 0.25) is 0 Å². The number of halogens is 1. The van der Waals surface area contributed by atoms with E-state index in [-0.39, 0.29) is 5.41 Å². The predicted octanol–water partition coefficient (Wildman–Crippen LogP) is 2.74. The predicted molar refractivity (Wildman–Crippen MR) is 74.1 cm³/mol. The van der Waals surface area contributed by atoms with Crippen molar-refractivity contribution in [1.82, 2.24) is 5.32 Å². The van der Waals surface area contributed by atoms with E-state index in [1.807, 2.05) is 12.1 Å². The first-order chi connectivity index (χ1) is 7.93. The Morgan fingerprint density at radius 2 is 1.94 bits per heavy atom. The molecule has 1 heterocycles. The lowest BCUT2D eigenvalue weighted by Crippen LogP contribution is -2.57. The minimum absolute atomic E-state index is 0.0850. The fourth-order valence-corrected chi connectivity index (χ4v) is 2.73. The lowest BCUT2D eigenvalue weighted by atomic mass is 9.68. The zero-order valence-electron chi connectivity index (χ0n) is 10.5. The second-order valence-corrected chi connectivity index (χ2v) is 6.56. The van der Waals surface area contributed by atoms with Crippen molar-refractivity contribution in [2.24, 2.45) is 5.41 Å². The highest BCUT2D eigenvalue weighted by atomic mass is 79.9. The Morgan fingerprint density at radius 3 is 2.53 bits per heavy atom. The quantitative estimate of drug-likeness (QED) is 0.880. The summed E-state index contributed by atoms with van der Waals surface area (Å²) in [5.74, 6) is 0. The minimum Gasteiger partial charge on any atom is -0.389 e. The van der Waals surface area contributed by atoms with Crippen LogP contribution in [-0.2, 0) is 6.42 Å². The molecule has 0 radical (unpaired) electrons. The van der Waals surface area contributed by atoms with Gasteiger partial charge in [0.05, 0.1) is 5.60 Å². The zero-order valence-corrected chi connectivity index (χ0v) is 12.0. The molecule has 1 aliphatic heterocycles. The van der Waals surface area contributed by atoms with Gasteiger partial charge < -0.3 is 10.4 Å². The van der Waals surface area contributed by atoms with E-state index in [2.05, 4.69) is 47.2 Å². The van der Waals surface area contributed by atoms with E-state index in [0.717, 1.165) is 30.4 Å². The normalized spacial score (nSPS) is 28.0. The van der Waals surface area contributed by atoms with Crippen molar-refractivity contribution in [2.75, 3.05) is 13.1 Å². The fraction of sp³-hybridized carbons (Fsp3) is 0.571. The monoisotopic (exact) mass is 297 g/mol. The number of hydrogen-bond donors (Lipinski definition) is 2. The lowest BCUT2D eigenvalue weighted by molar-refractivity contribution is -0.0869. The van der Waals surface area contributed by atoms with E-state index < -0.39 is 5.60 Å². The minimum atomic E-state index is -0.605. The first-order valence-corrected chi connectivity index (χ1v) is 6.90. The van der Waals surface area contributed by atoms with Crippen molar-refractivity contribution >= 4 is 15.9 Å². The Balaban J connectivity index is 2.18. The molecule has 1 aliphatic rings. The third-order valence-corrected chi connectivity index (χ3v) is 4.48. The number of aliphatic hydroxyl groups is 1. The molecular weight excluding hydrogens is 278 g/mol. The number of piperidine rings is 1. The van der Waals surface area contributed by atoms with E-state index in [1.54, 1.807) is 0 Å². The van der Waals surface area contributed by atoms with Gasteiger partial charge in [0.15, 0.2) is 0 Å². The molecule has 0 bridgehead atoms. The standard InChI is InChI=1S/C14H20BrNO/c1-13(2)10-16-8-7-14(13,17)9-11-3-5-12(15)6-4-11/h3-6,16-17H,7-10H2,1-2H3. The summed E-state index contributed by atoms with van der Waals surface area (Å²) < 4.78 is 1.08. The molecular formula is C14H20BrNO. The summed E-state index contributed by atoms with van der Waals surface area (Å²) >= 11 is 3.43. The van der Waals surface area contributed by atoms with Crippen LogP contribution in [0.4, 0.5) is 0 Å². The van der Waals surface area contributed by atoms with Crippen LogP contribution < -0.4 is 5.32 Å². The molecule has 0 aliphatic carbocycles. The second-order valence-electron chi connectivity index (χ2n) is 5.65. The van der Waals surface area contributed by atoms with Gasteiger partial charge in [0, 0.05) is 22.9 Å². The van der Waals surface area contributed by atoms with Crippen molar-refractivity contribution in [2.45, 2.75) is 32.3 Å². The molecule has 3 heteroatoms. The SMILES string of the molecule is CC1(C)CNCCC1(O)Cc1ccc(Br)cc1. The molecule has 17 heavy (non-hydrogen) atoms. The van der Waals surface area contributed by atoms with Crippen LogP contribution in [-0.4, -0.2) is 23.8 Å². The molecule has 1 aromatic rings. The van der Waals surface area contributed by atoms with Crippen molar-refractivity contribution in [3.8, 4) is 0 Å². The molecule has 0 saturated carbocycles. The summed E-state index contributed by atoms with van der Waals surface area (Å²) in [5, 5.41) is 14.2. The van der Waals surface area contributed by atoms with Gasteiger partial charge in [0.1, 0.15) is 0 Å². The van der Waals surface area contributed by atoms with E-state index in [9.17, 15) is 5.11 Å². The lowest BCUT2D eigenvalue weighted by Gasteiger charge is -2.47. The number of hydrogen-bond acceptors (Lipinski definition) is 2. The van der Waals surface area contributed by atoms with Crippen LogP contribution in [0.1, 0.15) is 25.8 Å². The molecule has 1 fully saturated rings. The highest BCUT2D eigenvalue weighted by molar-refractivity contribution is 9.10. The smallest absolute Gasteiger partial charge is 0.0762 e. The van der Waals surface area contributed by atoms with E-state index >= 15 is 0 Å². The third kappa shape index (κ3) is 2.72. The molecule has 0 amide bonds. The first-order valence-electron chi connectivity index (χ1n) is 6.11. The van der Waals surface area contributed by atoms with Crippen LogP contribution in [0.15, 0.2) is 28.7 Å². The Kier molecular flexibility index (Phi) is 3.62. The molecule has 1 atom stereocenters. The maximum atomic E-state index is 10.9. The Hall–Kier alpha value is -0.380. The topological polar surface area (TPSA) is 32.3 Å². The molecule has 1 aromatic carbocycles. The number of benzene rings is 1. The van der Waals surface area contributed by atoms with Gasteiger partial charge >= 0.3 is 0 Å². The summed E-state index contributed by atoms with van der Waals surface area (Å²) in [6.45, 7) is 6.05. The largest absolute Gasteiger partial charge is 0.389 e. The zero-order chi connectivity index (χ0) is 12.5. The molecule has 2 rings (SSSR count). The summed E-state index contributed by atoms with van der Waals surface area (Å²) in [5.41, 5.74) is 0.510. The maximum Gasteiger partial charge on any atom is 0.0762 e. The highest BCUT2D eigenvalue weighted by Crippen LogP contribution is 2.38. The van der Waals surface area contributed by atoms with Gasteiger partial charge in [-0.15, -0.1) is 0 Å². The molecule has 0 aromatic heterocycles. The first kappa shape index (κ1) is 13.1. The maximum absolute atomic E-state index is 10.9. The highest BCUT2D eigenvalue weighted by Gasteiger charge is 2.44. The van der Waals surface area contributed by atoms with Crippen LogP contribution in [0.3, 0.4) is 0 Å². The summed E-state index contributed by atoms with van der Waals surface area (Å²) in [7, 11) is 0. The molecule has 94 valence electrons. The average Bonchev–Trinajstić information content (AvgIpc) is 2.26. The van der Waals surface area contributed by atoms with Crippen molar-refractivity contribution in [3.63, 3.8) is 0 Å². The summed E-state index contributed by atoms with van der Waals surface area (Å²) in [6.07, 6.45) is 1.55. The molecule has 1 saturated heterocycles. The summed E-state index contributed by atoms with van der Waals surface area (Å²) in [4.78, 5) is 0. The van der Waals surface area contributed by atoms with E-state index in [4.69, 9.17) is 0 Å². The number of nitrogens with one attached hydrogen (secondary N) is 1.